The van der Waals surface area contributed by atoms with E-state index >= 15 is 0 Å². The zero-order valence-electron chi connectivity index (χ0n) is 8.66. The summed E-state index contributed by atoms with van der Waals surface area (Å²) in [6, 6.07) is 0. The SMILES string of the molecule is CNC(=O)OC(OC(=O)NC)N(C)C. The van der Waals surface area contributed by atoms with Crippen molar-refractivity contribution in [2.24, 2.45) is 0 Å². The van der Waals surface area contributed by atoms with Crippen LogP contribution in [-0.4, -0.2) is 51.7 Å². The summed E-state index contributed by atoms with van der Waals surface area (Å²) < 4.78 is 9.45. The largest absolute Gasteiger partial charge is 0.411 e. The van der Waals surface area contributed by atoms with E-state index in [4.69, 9.17) is 9.47 Å². The molecule has 0 rings (SSSR count). The first-order valence-corrected chi connectivity index (χ1v) is 3.94. The Hall–Kier alpha value is -1.50. The van der Waals surface area contributed by atoms with Crippen molar-refractivity contribution >= 4 is 12.2 Å². The van der Waals surface area contributed by atoms with Gasteiger partial charge in [-0.05, 0) is 14.1 Å². The first kappa shape index (κ1) is 12.5. The van der Waals surface area contributed by atoms with Crippen molar-refractivity contribution in [2.45, 2.75) is 6.41 Å². The summed E-state index contributed by atoms with van der Waals surface area (Å²) in [6.07, 6.45) is -2.39. The van der Waals surface area contributed by atoms with Crippen molar-refractivity contribution in [3.05, 3.63) is 0 Å². The maximum absolute atomic E-state index is 10.8. The fourth-order valence-electron chi connectivity index (χ4n) is 0.536. The Morgan fingerprint density at radius 3 is 1.64 bits per heavy atom. The highest BCUT2D eigenvalue weighted by Crippen LogP contribution is 1.99. The first-order valence-electron chi connectivity index (χ1n) is 3.94. The van der Waals surface area contributed by atoms with Gasteiger partial charge in [0.05, 0.1) is 0 Å². The molecule has 0 bridgehead atoms. The topological polar surface area (TPSA) is 79.9 Å². The molecule has 2 amide bonds. The molecule has 0 aliphatic rings. The minimum atomic E-state index is -1.05. The molecule has 7 heteroatoms. The average Bonchev–Trinajstić information content (AvgIpc) is 2.16. The lowest BCUT2D eigenvalue weighted by molar-refractivity contribution is -0.139. The average molecular weight is 205 g/mol. The molecular formula is C7H15N3O4. The van der Waals surface area contributed by atoms with Gasteiger partial charge >= 0.3 is 18.6 Å². The maximum Gasteiger partial charge on any atom is 0.411 e. The second-order valence-electron chi connectivity index (χ2n) is 2.58. The van der Waals surface area contributed by atoms with Gasteiger partial charge in [-0.2, -0.15) is 0 Å². The number of hydrogen-bond acceptors (Lipinski definition) is 5. The molecule has 0 saturated heterocycles. The number of nitrogens with one attached hydrogen (secondary N) is 2. The molecule has 0 aliphatic carbocycles. The van der Waals surface area contributed by atoms with Crippen molar-refractivity contribution in [1.29, 1.82) is 0 Å². The van der Waals surface area contributed by atoms with Gasteiger partial charge in [0.2, 0.25) is 0 Å². The third kappa shape index (κ3) is 4.51. The molecule has 82 valence electrons. The van der Waals surface area contributed by atoms with E-state index in [2.05, 4.69) is 10.6 Å². The summed E-state index contributed by atoms with van der Waals surface area (Å²) >= 11 is 0. The second kappa shape index (κ2) is 6.03. The molecule has 0 heterocycles. The quantitative estimate of drug-likeness (QED) is 0.610. The Morgan fingerprint density at radius 2 is 1.43 bits per heavy atom. The maximum atomic E-state index is 10.8. The van der Waals surface area contributed by atoms with E-state index in [0.717, 1.165) is 0 Å². The molecule has 7 nitrogen and oxygen atoms in total. The highest BCUT2D eigenvalue weighted by molar-refractivity contribution is 5.68. The van der Waals surface area contributed by atoms with Gasteiger partial charge in [-0.3, -0.25) is 0 Å². The van der Waals surface area contributed by atoms with Crippen LogP contribution >= 0.6 is 0 Å². The number of carbonyl (C=O) groups excluding carboxylic acids is 2. The number of nitrogens with zero attached hydrogens (tertiary/aromatic N) is 1. The predicted molar refractivity (Wildman–Crippen MR) is 48.6 cm³/mol. The van der Waals surface area contributed by atoms with E-state index in [-0.39, 0.29) is 0 Å². The van der Waals surface area contributed by atoms with Gasteiger partial charge in [0, 0.05) is 14.1 Å². The van der Waals surface area contributed by atoms with Gasteiger partial charge in [0.15, 0.2) is 0 Å². The van der Waals surface area contributed by atoms with E-state index in [9.17, 15) is 9.59 Å². The van der Waals surface area contributed by atoms with E-state index in [1.54, 1.807) is 14.1 Å². The van der Waals surface area contributed by atoms with Crippen LogP contribution in [0.15, 0.2) is 0 Å². The molecule has 2 N–H and O–H groups in total. The number of amides is 2. The molecule has 0 aromatic carbocycles. The van der Waals surface area contributed by atoms with Crippen molar-refractivity contribution in [2.75, 3.05) is 28.2 Å². The van der Waals surface area contributed by atoms with Gasteiger partial charge < -0.3 is 20.1 Å². The Balaban J connectivity index is 4.16. The van der Waals surface area contributed by atoms with Crippen molar-refractivity contribution in [3.63, 3.8) is 0 Å². The van der Waals surface area contributed by atoms with Crippen LogP contribution in [0.4, 0.5) is 9.59 Å². The van der Waals surface area contributed by atoms with Crippen LogP contribution in [0.2, 0.25) is 0 Å². The van der Waals surface area contributed by atoms with Crippen LogP contribution in [0.1, 0.15) is 0 Å². The zero-order chi connectivity index (χ0) is 11.1. The molecule has 14 heavy (non-hydrogen) atoms. The third-order valence-electron chi connectivity index (χ3n) is 1.25. The summed E-state index contributed by atoms with van der Waals surface area (Å²) in [5.41, 5.74) is 0. The Morgan fingerprint density at radius 1 is 1.07 bits per heavy atom. The van der Waals surface area contributed by atoms with Crippen LogP contribution in [0, 0.1) is 0 Å². The Kier molecular flexibility index (Phi) is 5.38. The highest BCUT2D eigenvalue weighted by Gasteiger charge is 2.19. The minimum Gasteiger partial charge on any atom is -0.394 e. The molecule has 0 atom stereocenters. The smallest absolute Gasteiger partial charge is 0.394 e. The molecule has 0 aromatic heterocycles. The molecular weight excluding hydrogens is 190 g/mol. The molecule has 0 saturated carbocycles. The van der Waals surface area contributed by atoms with E-state index in [1.165, 1.54) is 19.0 Å². The predicted octanol–water partition coefficient (Wildman–Crippen LogP) is -0.456. The summed E-state index contributed by atoms with van der Waals surface area (Å²) in [4.78, 5) is 23.1. The number of carbonyl (C=O) groups is 2. The second-order valence-corrected chi connectivity index (χ2v) is 2.58. The summed E-state index contributed by atoms with van der Waals surface area (Å²) in [5.74, 6) is 0. The third-order valence-corrected chi connectivity index (χ3v) is 1.25. The van der Waals surface area contributed by atoms with Crippen LogP contribution in [0.5, 0.6) is 0 Å². The lowest BCUT2D eigenvalue weighted by atomic mass is 10.8. The Bertz CT molecular complexity index is 189. The number of hydrogen-bond donors (Lipinski definition) is 2. The standard InChI is InChI=1S/C7H15N3O4/c1-8-5(11)13-7(10(3)4)14-6(12)9-2/h7H,1-4H3,(H,8,11)(H,9,12). The number of alkyl carbamates (subject to hydrolysis) is 2. The monoisotopic (exact) mass is 205 g/mol. The fourth-order valence-corrected chi connectivity index (χ4v) is 0.536. The van der Waals surface area contributed by atoms with Crippen molar-refractivity contribution in [3.8, 4) is 0 Å². The highest BCUT2D eigenvalue weighted by atomic mass is 16.7. The van der Waals surface area contributed by atoms with E-state index < -0.39 is 18.6 Å². The molecule has 0 fully saturated rings. The van der Waals surface area contributed by atoms with Crippen LogP contribution in [0.25, 0.3) is 0 Å². The van der Waals surface area contributed by atoms with E-state index in [1.807, 2.05) is 0 Å². The number of rotatable bonds is 3. The molecule has 0 spiro atoms. The van der Waals surface area contributed by atoms with Gasteiger partial charge in [0.1, 0.15) is 0 Å². The first-order chi connectivity index (χ1) is 6.51. The van der Waals surface area contributed by atoms with Gasteiger partial charge in [-0.25, -0.2) is 14.5 Å². The lowest BCUT2D eigenvalue weighted by Crippen LogP contribution is -2.41. The summed E-state index contributed by atoms with van der Waals surface area (Å²) in [5, 5.41) is 4.48. The fraction of sp³-hybridized carbons (Fsp3) is 0.714. The lowest BCUT2D eigenvalue weighted by Gasteiger charge is -2.22. The van der Waals surface area contributed by atoms with Crippen molar-refractivity contribution in [1.82, 2.24) is 15.5 Å². The minimum absolute atomic E-state index is 0.674. The molecule has 0 aliphatic heterocycles. The molecule has 0 radical (unpaired) electrons. The van der Waals surface area contributed by atoms with Gasteiger partial charge in [-0.15, -0.1) is 0 Å². The van der Waals surface area contributed by atoms with Crippen LogP contribution in [-0.2, 0) is 9.47 Å². The molecule has 0 unspecified atom stereocenters. The van der Waals surface area contributed by atoms with E-state index in [0.29, 0.717) is 0 Å². The summed E-state index contributed by atoms with van der Waals surface area (Å²) in [7, 11) is 6.04. The number of ether oxygens (including phenoxy) is 2. The van der Waals surface area contributed by atoms with Crippen LogP contribution < -0.4 is 10.6 Å². The zero-order valence-corrected chi connectivity index (χ0v) is 8.66. The van der Waals surface area contributed by atoms with Gasteiger partial charge in [0.25, 0.3) is 0 Å². The van der Waals surface area contributed by atoms with Crippen LogP contribution in [0.3, 0.4) is 0 Å². The normalized spacial score (nSPS) is 9.86. The molecule has 0 aromatic rings. The van der Waals surface area contributed by atoms with Crippen molar-refractivity contribution < 1.29 is 19.1 Å². The summed E-state index contributed by atoms with van der Waals surface area (Å²) in [6.45, 7) is 0. The Labute approximate surface area is 82.3 Å². The van der Waals surface area contributed by atoms with Gasteiger partial charge in [-0.1, -0.05) is 0 Å².